The molecule has 1 heterocycles. The van der Waals surface area contributed by atoms with Crippen LogP contribution in [0.5, 0.6) is 0 Å². The molecule has 6 heteroatoms. The minimum atomic E-state index is -3.56. The summed E-state index contributed by atoms with van der Waals surface area (Å²) in [6, 6.07) is 6.47. The molecule has 0 aromatic heterocycles. The predicted molar refractivity (Wildman–Crippen MR) is 79.2 cm³/mol. The number of ether oxygens (including phenoxy) is 1. The van der Waals surface area contributed by atoms with Crippen molar-refractivity contribution in [2.45, 2.75) is 37.6 Å². The molecule has 1 saturated heterocycles. The fourth-order valence-corrected chi connectivity index (χ4v) is 3.95. The van der Waals surface area contributed by atoms with Crippen LogP contribution in [0.3, 0.4) is 0 Å². The topological polar surface area (TPSA) is 79.2 Å². The van der Waals surface area contributed by atoms with Crippen molar-refractivity contribution in [2.24, 2.45) is 5.92 Å². The first kappa shape index (κ1) is 16.0. The lowest BCUT2D eigenvalue weighted by molar-refractivity contribution is 0.0585. The molecule has 21 heavy (non-hydrogen) atoms. The highest BCUT2D eigenvalue weighted by atomic mass is 32.2. The van der Waals surface area contributed by atoms with E-state index in [9.17, 15) is 8.42 Å². The Kier molecular flexibility index (Phi) is 4.99. The van der Waals surface area contributed by atoms with E-state index in [0.717, 1.165) is 12.8 Å². The maximum atomic E-state index is 12.4. The van der Waals surface area contributed by atoms with Crippen LogP contribution in [-0.2, 0) is 14.8 Å². The summed E-state index contributed by atoms with van der Waals surface area (Å²) in [5.74, 6) is 0.299. The number of hydrogen-bond donors (Lipinski definition) is 1. The van der Waals surface area contributed by atoms with E-state index in [1.54, 1.807) is 13.0 Å². The Balaban J connectivity index is 2.14. The second kappa shape index (κ2) is 6.56. The molecule has 114 valence electrons. The molecule has 0 bridgehead atoms. The van der Waals surface area contributed by atoms with Gasteiger partial charge < -0.3 is 4.74 Å². The lowest BCUT2D eigenvalue weighted by Gasteiger charge is -2.28. The number of nitriles is 1. The summed E-state index contributed by atoms with van der Waals surface area (Å²) >= 11 is 0. The van der Waals surface area contributed by atoms with Crippen molar-refractivity contribution < 1.29 is 13.2 Å². The maximum absolute atomic E-state index is 12.4. The van der Waals surface area contributed by atoms with Gasteiger partial charge in [-0.25, -0.2) is 13.1 Å². The van der Waals surface area contributed by atoms with E-state index in [4.69, 9.17) is 10.00 Å². The van der Waals surface area contributed by atoms with Gasteiger partial charge in [-0.3, -0.25) is 0 Å². The lowest BCUT2D eigenvalue weighted by atomic mass is 9.94. The number of rotatable bonds is 4. The van der Waals surface area contributed by atoms with Crippen LogP contribution in [0.25, 0.3) is 0 Å². The Bertz CT molecular complexity index is 643. The zero-order valence-electron chi connectivity index (χ0n) is 12.3. The van der Waals surface area contributed by atoms with Crippen LogP contribution in [0.2, 0.25) is 0 Å². The molecule has 1 aromatic carbocycles. The molecular weight excluding hydrogens is 288 g/mol. The normalized spacial score (nSPS) is 18.1. The van der Waals surface area contributed by atoms with Gasteiger partial charge in [-0.15, -0.1) is 0 Å². The third-order valence-electron chi connectivity index (χ3n) is 3.94. The molecule has 1 unspecified atom stereocenters. The van der Waals surface area contributed by atoms with Gasteiger partial charge in [-0.2, -0.15) is 5.26 Å². The fraction of sp³-hybridized carbons (Fsp3) is 0.533. The van der Waals surface area contributed by atoms with Crippen LogP contribution in [-0.4, -0.2) is 27.7 Å². The summed E-state index contributed by atoms with van der Waals surface area (Å²) in [5, 5.41) is 8.90. The van der Waals surface area contributed by atoms with Gasteiger partial charge in [0.25, 0.3) is 0 Å². The molecule has 1 atom stereocenters. The number of sulfonamides is 1. The van der Waals surface area contributed by atoms with Crippen LogP contribution < -0.4 is 4.72 Å². The predicted octanol–water partition coefficient (Wildman–Crippen LogP) is 1.96. The largest absolute Gasteiger partial charge is 0.381 e. The minimum Gasteiger partial charge on any atom is -0.381 e. The maximum Gasteiger partial charge on any atom is 0.240 e. The highest BCUT2D eigenvalue weighted by molar-refractivity contribution is 7.89. The van der Waals surface area contributed by atoms with Crippen LogP contribution in [0.1, 0.15) is 30.9 Å². The van der Waals surface area contributed by atoms with Crippen LogP contribution >= 0.6 is 0 Å². The molecule has 2 rings (SSSR count). The number of hydrogen-bond acceptors (Lipinski definition) is 4. The van der Waals surface area contributed by atoms with E-state index < -0.39 is 10.0 Å². The third-order valence-corrected chi connectivity index (χ3v) is 5.50. The Morgan fingerprint density at radius 3 is 2.62 bits per heavy atom. The van der Waals surface area contributed by atoms with Crippen molar-refractivity contribution in [3.05, 3.63) is 29.3 Å². The molecular formula is C15H20N2O3S. The summed E-state index contributed by atoms with van der Waals surface area (Å²) < 4.78 is 32.9. The third kappa shape index (κ3) is 3.82. The summed E-state index contributed by atoms with van der Waals surface area (Å²) in [7, 11) is -3.56. The first-order valence-electron chi connectivity index (χ1n) is 7.05. The van der Waals surface area contributed by atoms with E-state index in [0.29, 0.717) is 30.3 Å². The minimum absolute atomic E-state index is 0.130. The quantitative estimate of drug-likeness (QED) is 0.922. The molecule has 0 amide bonds. The van der Waals surface area contributed by atoms with E-state index in [1.807, 2.05) is 13.0 Å². The summed E-state index contributed by atoms with van der Waals surface area (Å²) in [5.41, 5.74) is 1.16. The van der Waals surface area contributed by atoms with Crippen LogP contribution in [0, 0.1) is 24.2 Å². The number of aryl methyl sites for hydroxylation is 1. The smallest absolute Gasteiger partial charge is 0.240 e. The first-order chi connectivity index (χ1) is 9.94. The Morgan fingerprint density at radius 2 is 2.05 bits per heavy atom. The van der Waals surface area contributed by atoms with Crippen LogP contribution in [0.4, 0.5) is 0 Å². The Morgan fingerprint density at radius 1 is 1.38 bits per heavy atom. The van der Waals surface area contributed by atoms with Gasteiger partial charge in [0.15, 0.2) is 0 Å². The van der Waals surface area contributed by atoms with Crippen molar-refractivity contribution in [1.29, 1.82) is 5.26 Å². The van der Waals surface area contributed by atoms with Crippen molar-refractivity contribution in [2.75, 3.05) is 13.2 Å². The average molecular weight is 308 g/mol. The van der Waals surface area contributed by atoms with Gasteiger partial charge in [0, 0.05) is 19.3 Å². The first-order valence-corrected chi connectivity index (χ1v) is 8.53. The average Bonchev–Trinajstić information content (AvgIpc) is 2.47. The van der Waals surface area contributed by atoms with Gasteiger partial charge in [-0.05, 0) is 56.4 Å². The zero-order valence-corrected chi connectivity index (χ0v) is 13.1. The van der Waals surface area contributed by atoms with Gasteiger partial charge in [0.1, 0.15) is 0 Å². The fourth-order valence-electron chi connectivity index (χ4n) is 2.55. The van der Waals surface area contributed by atoms with E-state index in [-0.39, 0.29) is 10.9 Å². The zero-order chi connectivity index (χ0) is 15.5. The van der Waals surface area contributed by atoms with Crippen molar-refractivity contribution in [3.63, 3.8) is 0 Å². The SMILES string of the molecule is Cc1cc(S(=O)(=O)NC(C)C2CCOCC2)ccc1C#N. The molecule has 5 nitrogen and oxygen atoms in total. The second-order valence-corrected chi connectivity index (χ2v) is 7.16. The van der Waals surface area contributed by atoms with Crippen molar-refractivity contribution in [3.8, 4) is 6.07 Å². The molecule has 0 aliphatic carbocycles. The molecule has 1 fully saturated rings. The molecule has 0 saturated carbocycles. The number of nitrogens with one attached hydrogen (secondary N) is 1. The second-order valence-electron chi connectivity index (χ2n) is 5.45. The highest BCUT2D eigenvalue weighted by Gasteiger charge is 2.25. The molecule has 1 aromatic rings. The van der Waals surface area contributed by atoms with E-state index in [2.05, 4.69) is 4.72 Å². The van der Waals surface area contributed by atoms with E-state index in [1.165, 1.54) is 12.1 Å². The van der Waals surface area contributed by atoms with Gasteiger partial charge in [0.2, 0.25) is 10.0 Å². The molecule has 0 spiro atoms. The summed E-state index contributed by atoms with van der Waals surface area (Å²) in [6.45, 7) is 5.00. The molecule has 1 aliphatic rings. The highest BCUT2D eigenvalue weighted by Crippen LogP contribution is 2.21. The van der Waals surface area contributed by atoms with Gasteiger partial charge in [-0.1, -0.05) is 0 Å². The van der Waals surface area contributed by atoms with Crippen molar-refractivity contribution in [1.82, 2.24) is 4.72 Å². The van der Waals surface area contributed by atoms with Gasteiger partial charge in [0.05, 0.1) is 16.5 Å². The molecule has 1 N–H and O–H groups in total. The summed E-state index contributed by atoms with van der Waals surface area (Å²) in [4.78, 5) is 0.206. The van der Waals surface area contributed by atoms with E-state index >= 15 is 0 Å². The molecule has 1 aliphatic heterocycles. The molecule has 0 radical (unpaired) electrons. The van der Waals surface area contributed by atoms with Crippen LogP contribution in [0.15, 0.2) is 23.1 Å². The Labute approximate surface area is 126 Å². The summed E-state index contributed by atoms with van der Waals surface area (Å²) in [6.07, 6.45) is 1.74. The Hall–Kier alpha value is -1.42. The monoisotopic (exact) mass is 308 g/mol. The number of benzene rings is 1. The standard InChI is InChI=1S/C15H20N2O3S/c1-11-9-15(4-3-14(11)10-16)21(18,19)17-12(2)13-5-7-20-8-6-13/h3-4,9,12-13,17H,5-8H2,1-2H3. The lowest BCUT2D eigenvalue weighted by Crippen LogP contribution is -2.40. The van der Waals surface area contributed by atoms with Gasteiger partial charge >= 0.3 is 0 Å². The number of nitrogens with zero attached hydrogens (tertiary/aromatic N) is 1. The van der Waals surface area contributed by atoms with Crippen molar-refractivity contribution >= 4 is 10.0 Å².